The van der Waals surface area contributed by atoms with Gasteiger partial charge in [0, 0.05) is 16.1 Å². The Balaban J connectivity index is 1.89. The molecule has 5 nitrogen and oxygen atoms in total. The molecule has 0 aliphatic heterocycles. The van der Waals surface area contributed by atoms with E-state index in [1.165, 1.54) is 35.0 Å². The van der Waals surface area contributed by atoms with Crippen LogP contribution in [0.2, 0.25) is 5.02 Å². The van der Waals surface area contributed by atoms with Crippen LogP contribution in [0, 0.1) is 0 Å². The van der Waals surface area contributed by atoms with E-state index >= 15 is 0 Å². The van der Waals surface area contributed by atoms with Gasteiger partial charge in [-0.15, -0.1) is 0 Å². The summed E-state index contributed by atoms with van der Waals surface area (Å²) in [7, 11) is -3.90. The molecule has 4 rings (SSSR count). The molecule has 0 saturated heterocycles. The normalized spacial score (nSPS) is 12.2. The van der Waals surface area contributed by atoms with Gasteiger partial charge in [0.25, 0.3) is 0 Å². The predicted octanol–water partition coefficient (Wildman–Crippen LogP) is 5.53. The minimum Gasteiger partial charge on any atom is -0.232 e. The number of halogens is 4. The Morgan fingerprint density at radius 3 is 2.12 bits per heavy atom. The average molecular weight is 478 g/mol. The Kier molecular flexibility index (Phi) is 5.58. The molecule has 32 heavy (non-hydrogen) atoms. The van der Waals surface area contributed by atoms with Crippen LogP contribution in [-0.4, -0.2) is 18.2 Å². The van der Waals surface area contributed by atoms with Crippen molar-refractivity contribution in [1.29, 1.82) is 0 Å². The minimum atomic E-state index is -4.50. The van der Waals surface area contributed by atoms with Crippen molar-refractivity contribution in [2.75, 3.05) is 0 Å². The topological polar surface area (TPSA) is 78.0 Å². The first-order valence-corrected chi connectivity index (χ1v) is 11.1. The standard InChI is InChI=1S/C22H15ClF3N3O2S/c23-17-6-4-14(5-7-17)20-13-21(15-2-1-3-16(12-15)22(24,25)26)29(28-20)18-8-10-19(11-9-18)32(27,30)31/h1-13H,(H2,27,30,31). The zero-order valence-corrected chi connectivity index (χ0v) is 17.8. The molecule has 0 atom stereocenters. The van der Waals surface area contributed by atoms with Gasteiger partial charge in [-0.3, -0.25) is 0 Å². The quantitative estimate of drug-likeness (QED) is 0.420. The number of primary sulfonamides is 1. The van der Waals surface area contributed by atoms with Crippen molar-refractivity contribution in [3.8, 4) is 28.2 Å². The van der Waals surface area contributed by atoms with Crippen LogP contribution in [0.1, 0.15) is 5.56 Å². The minimum absolute atomic E-state index is 0.0908. The van der Waals surface area contributed by atoms with E-state index in [1.807, 2.05) is 0 Å². The fraction of sp³-hybridized carbons (Fsp3) is 0.0455. The number of hydrogen-bond donors (Lipinski definition) is 1. The third-order valence-corrected chi connectivity index (χ3v) is 5.93. The summed E-state index contributed by atoms with van der Waals surface area (Å²) in [5, 5.41) is 10.2. The van der Waals surface area contributed by atoms with Gasteiger partial charge in [-0.25, -0.2) is 18.2 Å². The summed E-state index contributed by atoms with van der Waals surface area (Å²) in [4.78, 5) is -0.0908. The van der Waals surface area contributed by atoms with E-state index in [4.69, 9.17) is 16.7 Å². The van der Waals surface area contributed by atoms with Crippen LogP contribution in [0.3, 0.4) is 0 Å². The highest BCUT2D eigenvalue weighted by Gasteiger charge is 2.30. The maximum Gasteiger partial charge on any atom is 0.416 e. The molecule has 2 N–H and O–H groups in total. The number of rotatable bonds is 4. The Morgan fingerprint density at radius 2 is 1.53 bits per heavy atom. The van der Waals surface area contributed by atoms with Crippen molar-refractivity contribution in [2.24, 2.45) is 5.14 Å². The predicted molar refractivity (Wildman–Crippen MR) is 116 cm³/mol. The van der Waals surface area contributed by atoms with Crippen LogP contribution in [0.4, 0.5) is 13.2 Å². The largest absolute Gasteiger partial charge is 0.416 e. The summed E-state index contributed by atoms with van der Waals surface area (Å²) in [5.41, 5.74) is 1.56. The Labute approximate surface area is 186 Å². The van der Waals surface area contributed by atoms with Gasteiger partial charge >= 0.3 is 6.18 Å². The van der Waals surface area contributed by atoms with Gasteiger partial charge in [0.2, 0.25) is 10.0 Å². The molecule has 4 aromatic rings. The molecule has 0 aliphatic carbocycles. The Bertz CT molecular complexity index is 1380. The van der Waals surface area contributed by atoms with Crippen LogP contribution in [0.5, 0.6) is 0 Å². The number of nitrogens with two attached hydrogens (primary N) is 1. The first-order valence-electron chi connectivity index (χ1n) is 9.19. The SMILES string of the molecule is NS(=O)(=O)c1ccc(-n2nc(-c3ccc(Cl)cc3)cc2-c2cccc(C(F)(F)F)c2)cc1. The summed E-state index contributed by atoms with van der Waals surface area (Å²) >= 11 is 5.95. The van der Waals surface area contributed by atoms with Crippen LogP contribution >= 0.6 is 11.6 Å². The van der Waals surface area contributed by atoms with Crippen molar-refractivity contribution < 1.29 is 21.6 Å². The van der Waals surface area contributed by atoms with Gasteiger partial charge in [0.15, 0.2) is 0 Å². The molecule has 3 aromatic carbocycles. The van der Waals surface area contributed by atoms with E-state index in [1.54, 1.807) is 36.4 Å². The maximum atomic E-state index is 13.3. The summed E-state index contributed by atoms with van der Waals surface area (Å²) in [6, 6.07) is 19.0. The summed E-state index contributed by atoms with van der Waals surface area (Å²) in [6.07, 6.45) is -4.50. The highest BCUT2D eigenvalue weighted by Crippen LogP contribution is 2.34. The lowest BCUT2D eigenvalue weighted by Gasteiger charge is -2.11. The van der Waals surface area contributed by atoms with E-state index in [0.29, 0.717) is 33.2 Å². The van der Waals surface area contributed by atoms with Crippen molar-refractivity contribution in [1.82, 2.24) is 9.78 Å². The molecular weight excluding hydrogens is 463 g/mol. The van der Waals surface area contributed by atoms with Gasteiger partial charge in [0.1, 0.15) is 0 Å². The number of aromatic nitrogens is 2. The third kappa shape index (κ3) is 4.55. The second-order valence-corrected chi connectivity index (χ2v) is 8.95. The molecular formula is C22H15ClF3N3O2S. The number of nitrogens with zero attached hydrogens (tertiary/aromatic N) is 2. The maximum absolute atomic E-state index is 13.3. The lowest BCUT2D eigenvalue weighted by molar-refractivity contribution is -0.137. The molecule has 0 fully saturated rings. The molecule has 10 heteroatoms. The average Bonchev–Trinajstić information content (AvgIpc) is 3.19. The smallest absolute Gasteiger partial charge is 0.232 e. The molecule has 1 heterocycles. The highest BCUT2D eigenvalue weighted by atomic mass is 35.5. The molecule has 1 aromatic heterocycles. The van der Waals surface area contributed by atoms with Crippen molar-refractivity contribution >= 4 is 21.6 Å². The molecule has 0 saturated carbocycles. The monoisotopic (exact) mass is 477 g/mol. The summed E-state index contributed by atoms with van der Waals surface area (Å²) in [6.45, 7) is 0. The molecule has 0 unspecified atom stereocenters. The van der Waals surface area contributed by atoms with Gasteiger partial charge < -0.3 is 0 Å². The van der Waals surface area contributed by atoms with Gasteiger partial charge in [-0.2, -0.15) is 18.3 Å². The van der Waals surface area contributed by atoms with Crippen LogP contribution in [-0.2, 0) is 16.2 Å². The Hall–Kier alpha value is -3.14. The van der Waals surface area contributed by atoms with Gasteiger partial charge in [-0.1, -0.05) is 35.9 Å². The fourth-order valence-corrected chi connectivity index (χ4v) is 3.82. The van der Waals surface area contributed by atoms with E-state index in [9.17, 15) is 21.6 Å². The first kappa shape index (κ1) is 22.1. The van der Waals surface area contributed by atoms with E-state index in [0.717, 1.165) is 12.1 Å². The van der Waals surface area contributed by atoms with Crippen molar-refractivity contribution in [3.05, 3.63) is 89.4 Å². The second kappa shape index (κ2) is 8.09. The Morgan fingerprint density at radius 1 is 0.875 bits per heavy atom. The molecule has 164 valence electrons. The summed E-state index contributed by atoms with van der Waals surface area (Å²) in [5.74, 6) is 0. The van der Waals surface area contributed by atoms with Crippen LogP contribution < -0.4 is 5.14 Å². The van der Waals surface area contributed by atoms with Gasteiger partial charge in [0.05, 0.1) is 27.5 Å². The summed E-state index contributed by atoms with van der Waals surface area (Å²) < 4.78 is 64.4. The molecule has 0 spiro atoms. The van der Waals surface area contributed by atoms with Crippen molar-refractivity contribution in [2.45, 2.75) is 11.1 Å². The number of benzene rings is 3. The van der Waals surface area contributed by atoms with Crippen LogP contribution in [0.15, 0.2) is 83.8 Å². The third-order valence-electron chi connectivity index (χ3n) is 4.74. The van der Waals surface area contributed by atoms with E-state index < -0.39 is 21.8 Å². The van der Waals surface area contributed by atoms with E-state index in [2.05, 4.69) is 5.10 Å². The van der Waals surface area contributed by atoms with Crippen LogP contribution in [0.25, 0.3) is 28.2 Å². The molecule has 0 amide bonds. The molecule has 0 radical (unpaired) electrons. The van der Waals surface area contributed by atoms with Crippen molar-refractivity contribution in [3.63, 3.8) is 0 Å². The number of alkyl halides is 3. The fourth-order valence-electron chi connectivity index (χ4n) is 3.18. The first-order chi connectivity index (χ1) is 15.0. The zero-order valence-electron chi connectivity index (χ0n) is 16.2. The number of hydrogen-bond acceptors (Lipinski definition) is 3. The molecule has 0 aliphatic rings. The second-order valence-electron chi connectivity index (χ2n) is 6.95. The van der Waals surface area contributed by atoms with E-state index in [-0.39, 0.29) is 4.90 Å². The zero-order chi connectivity index (χ0) is 23.1. The van der Waals surface area contributed by atoms with Gasteiger partial charge in [-0.05, 0) is 54.6 Å². The lowest BCUT2D eigenvalue weighted by Crippen LogP contribution is -2.12. The number of sulfonamides is 1. The molecule has 0 bridgehead atoms. The highest BCUT2D eigenvalue weighted by molar-refractivity contribution is 7.89. The lowest BCUT2D eigenvalue weighted by atomic mass is 10.1.